The number of phenols is 1. The molecule has 18 heavy (non-hydrogen) atoms. The van der Waals surface area contributed by atoms with Crippen molar-refractivity contribution in [3.8, 4) is 5.75 Å². The van der Waals surface area contributed by atoms with E-state index < -0.39 is 0 Å². The molecule has 0 amide bonds. The van der Waals surface area contributed by atoms with Crippen molar-refractivity contribution >= 4 is 10.8 Å². The lowest BCUT2D eigenvalue weighted by Crippen LogP contribution is -2.35. The van der Waals surface area contributed by atoms with E-state index in [4.69, 9.17) is 4.74 Å². The van der Waals surface area contributed by atoms with E-state index in [2.05, 4.69) is 23.1 Å². The molecule has 1 N–H and O–H groups in total. The minimum absolute atomic E-state index is 0.323. The van der Waals surface area contributed by atoms with E-state index in [0.29, 0.717) is 5.75 Å². The fourth-order valence-electron chi connectivity index (χ4n) is 2.40. The van der Waals surface area contributed by atoms with Gasteiger partial charge < -0.3 is 9.84 Å². The van der Waals surface area contributed by atoms with Gasteiger partial charge in [-0.3, -0.25) is 4.90 Å². The predicted octanol–water partition coefficient (Wildman–Crippen LogP) is 2.38. The summed E-state index contributed by atoms with van der Waals surface area (Å²) in [4.78, 5) is 2.41. The van der Waals surface area contributed by atoms with E-state index in [9.17, 15) is 5.11 Å². The average Bonchev–Trinajstić information content (AvgIpc) is 2.40. The lowest BCUT2D eigenvalue weighted by Gasteiger charge is -2.26. The summed E-state index contributed by atoms with van der Waals surface area (Å²) in [5.74, 6) is 0.323. The number of nitrogens with zero attached hydrogens (tertiary/aromatic N) is 1. The van der Waals surface area contributed by atoms with Gasteiger partial charge in [0.05, 0.1) is 13.2 Å². The van der Waals surface area contributed by atoms with Crippen molar-refractivity contribution in [3.63, 3.8) is 0 Å². The molecular formula is C15H17NO2. The Labute approximate surface area is 107 Å². The lowest BCUT2D eigenvalue weighted by molar-refractivity contribution is 0.0342. The van der Waals surface area contributed by atoms with Crippen LogP contribution >= 0.6 is 0 Å². The summed E-state index contributed by atoms with van der Waals surface area (Å²) in [6.45, 7) is 4.66. The molecule has 1 heterocycles. The summed E-state index contributed by atoms with van der Waals surface area (Å²) >= 11 is 0. The highest BCUT2D eigenvalue weighted by Crippen LogP contribution is 2.21. The predicted molar refractivity (Wildman–Crippen MR) is 71.7 cm³/mol. The number of hydrogen-bond donors (Lipinski definition) is 1. The number of rotatable bonds is 2. The molecule has 0 radical (unpaired) electrons. The normalized spacial score (nSPS) is 17.1. The third-order valence-electron chi connectivity index (χ3n) is 3.40. The minimum Gasteiger partial charge on any atom is -0.508 e. The van der Waals surface area contributed by atoms with Crippen molar-refractivity contribution in [2.45, 2.75) is 6.54 Å². The van der Waals surface area contributed by atoms with Crippen LogP contribution in [-0.4, -0.2) is 36.3 Å². The lowest BCUT2D eigenvalue weighted by atomic mass is 10.1. The minimum atomic E-state index is 0.323. The standard InChI is InChI=1S/C15H17NO2/c17-15-4-3-13-9-12(1-2-14(13)10-15)11-16-5-7-18-8-6-16/h1-4,9-10,17H,5-8,11H2. The number of hydrogen-bond acceptors (Lipinski definition) is 3. The number of fused-ring (bicyclic) bond motifs is 1. The van der Waals surface area contributed by atoms with E-state index in [-0.39, 0.29) is 0 Å². The van der Waals surface area contributed by atoms with Crippen molar-refractivity contribution in [2.24, 2.45) is 0 Å². The molecule has 3 rings (SSSR count). The fourth-order valence-corrected chi connectivity index (χ4v) is 2.40. The fraction of sp³-hybridized carbons (Fsp3) is 0.333. The summed E-state index contributed by atoms with van der Waals surface area (Å²) in [5.41, 5.74) is 1.31. The number of ether oxygens (including phenoxy) is 1. The van der Waals surface area contributed by atoms with Crippen LogP contribution in [0.2, 0.25) is 0 Å². The molecule has 94 valence electrons. The summed E-state index contributed by atoms with van der Waals surface area (Å²) in [5, 5.41) is 11.7. The monoisotopic (exact) mass is 243 g/mol. The van der Waals surface area contributed by atoms with Crippen LogP contribution in [0.15, 0.2) is 36.4 Å². The second-order valence-corrected chi connectivity index (χ2v) is 4.75. The van der Waals surface area contributed by atoms with Gasteiger partial charge in [-0.15, -0.1) is 0 Å². The second-order valence-electron chi connectivity index (χ2n) is 4.75. The molecule has 1 aliphatic rings. The highest BCUT2D eigenvalue weighted by molar-refractivity contribution is 5.84. The molecule has 0 saturated carbocycles. The van der Waals surface area contributed by atoms with Gasteiger partial charge in [0.1, 0.15) is 5.75 Å². The topological polar surface area (TPSA) is 32.7 Å². The summed E-state index contributed by atoms with van der Waals surface area (Å²) in [7, 11) is 0. The Morgan fingerprint density at radius 2 is 1.72 bits per heavy atom. The van der Waals surface area contributed by atoms with Crippen LogP contribution < -0.4 is 0 Å². The summed E-state index contributed by atoms with van der Waals surface area (Å²) in [6, 6.07) is 11.9. The molecule has 2 aromatic rings. The molecule has 0 atom stereocenters. The Bertz CT molecular complexity index is 547. The Morgan fingerprint density at radius 1 is 1.00 bits per heavy atom. The van der Waals surface area contributed by atoms with Gasteiger partial charge in [0, 0.05) is 19.6 Å². The number of benzene rings is 2. The highest BCUT2D eigenvalue weighted by Gasteiger charge is 2.10. The number of morpholine rings is 1. The van der Waals surface area contributed by atoms with Gasteiger partial charge in [-0.2, -0.15) is 0 Å². The molecule has 2 aromatic carbocycles. The van der Waals surface area contributed by atoms with Gasteiger partial charge in [0.25, 0.3) is 0 Å². The zero-order chi connectivity index (χ0) is 12.4. The third-order valence-corrected chi connectivity index (χ3v) is 3.40. The molecule has 0 aromatic heterocycles. The summed E-state index contributed by atoms with van der Waals surface area (Å²) < 4.78 is 5.35. The highest BCUT2D eigenvalue weighted by atomic mass is 16.5. The Morgan fingerprint density at radius 3 is 2.56 bits per heavy atom. The Balaban J connectivity index is 1.82. The van der Waals surface area contributed by atoms with E-state index >= 15 is 0 Å². The molecule has 1 fully saturated rings. The Kier molecular flexibility index (Phi) is 3.17. The maximum atomic E-state index is 9.44. The maximum absolute atomic E-state index is 9.44. The molecule has 0 unspecified atom stereocenters. The van der Waals surface area contributed by atoms with Crippen molar-refractivity contribution < 1.29 is 9.84 Å². The average molecular weight is 243 g/mol. The summed E-state index contributed by atoms with van der Waals surface area (Å²) in [6.07, 6.45) is 0. The van der Waals surface area contributed by atoms with Gasteiger partial charge in [0.15, 0.2) is 0 Å². The first-order valence-corrected chi connectivity index (χ1v) is 6.33. The molecule has 1 aliphatic heterocycles. The van der Waals surface area contributed by atoms with Crippen molar-refractivity contribution in [3.05, 3.63) is 42.0 Å². The van der Waals surface area contributed by atoms with Crippen LogP contribution in [-0.2, 0) is 11.3 Å². The smallest absolute Gasteiger partial charge is 0.116 e. The van der Waals surface area contributed by atoms with E-state index in [1.165, 1.54) is 10.9 Å². The second kappa shape index (κ2) is 4.96. The largest absolute Gasteiger partial charge is 0.508 e. The molecule has 0 spiro atoms. The molecule has 0 bridgehead atoms. The molecule has 3 heteroatoms. The van der Waals surface area contributed by atoms with Gasteiger partial charge >= 0.3 is 0 Å². The molecule has 1 saturated heterocycles. The van der Waals surface area contributed by atoms with Crippen LogP contribution in [0, 0.1) is 0 Å². The van der Waals surface area contributed by atoms with E-state index in [0.717, 1.165) is 38.2 Å². The van der Waals surface area contributed by atoms with Crippen molar-refractivity contribution in [2.75, 3.05) is 26.3 Å². The van der Waals surface area contributed by atoms with Crippen LogP contribution in [0.1, 0.15) is 5.56 Å². The van der Waals surface area contributed by atoms with E-state index in [1.54, 1.807) is 12.1 Å². The first kappa shape index (κ1) is 11.5. The van der Waals surface area contributed by atoms with Crippen molar-refractivity contribution in [1.82, 2.24) is 4.90 Å². The van der Waals surface area contributed by atoms with Crippen LogP contribution in [0.3, 0.4) is 0 Å². The molecule has 3 nitrogen and oxygen atoms in total. The number of aromatic hydroxyl groups is 1. The van der Waals surface area contributed by atoms with Crippen LogP contribution in [0.4, 0.5) is 0 Å². The van der Waals surface area contributed by atoms with Gasteiger partial charge in [0.2, 0.25) is 0 Å². The third kappa shape index (κ3) is 2.47. The molecule has 0 aliphatic carbocycles. The van der Waals surface area contributed by atoms with Crippen LogP contribution in [0.5, 0.6) is 5.75 Å². The number of phenolic OH excluding ortho intramolecular Hbond substituents is 1. The van der Waals surface area contributed by atoms with Gasteiger partial charge in [-0.25, -0.2) is 0 Å². The quantitative estimate of drug-likeness (QED) is 0.879. The zero-order valence-electron chi connectivity index (χ0n) is 10.3. The maximum Gasteiger partial charge on any atom is 0.116 e. The first-order chi connectivity index (χ1) is 8.81. The molecular weight excluding hydrogens is 226 g/mol. The van der Waals surface area contributed by atoms with Crippen LogP contribution in [0.25, 0.3) is 10.8 Å². The first-order valence-electron chi connectivity index (χ1n) is 6.33. The van der Waals surface area contributed by atoms with E-state index in [1.807, 2.05) is 6.07 Å². The Hall–Kier alpha value is -1.58. The van der Waals surface area contributed by atoms with Gasteiger partial charge in [-0.05, 0) is 34.5 Å². The van der Waals surface area contributed by atoms with Crippen molar-refractivity contribution in [1.29, 1.82) is 0 Å². The zero-order valence-corrected chi connectivity index (χ0v) is 10.3. The SMILES string of the molecule is Oc1ccc2cc(CN3CCOCC3)ccc2c1. The van der Waals surface area contributed by atoms with Gasteiger partial charge in [-0.1, -0.05) is 18.2 Å².